The summed E-state index contributed by atoms with van der Waals surface area (Å²) in [4.78, 5) is 21.7. The van der Waals surface area contributed by atoms with E-state index in [0.29, 0.717) is 54.9 Å². The molecule has 36 heavy (non-hydrogen) atoms. The van der Waals surface area contributed by atoms with Crippen molar-refractivity contribution in [2.75, 3.05) is 26.7 Å². The zero-order chi connectivity index (χ0) is 25.4. The minimum Gasteiger partial charge on any atom is -0.497 e. The number of alkyl halides is 3. The van der Waals surface area contributed by atoms with Crippen LogP contribution in [0.2, 0.25) is 0 Å². The molecule has 2 fully saturated rings. The zero-order valence-electron chi connectivity index (χ0n) is 20.5. The number of halogens is 3. The molecule has 192 valence electrons. The number of carbonyl (C=O) groups is 1. The lowest BCUT2D eigenvalue weighted by molar-refractivity contribution is -0.137. The number of amides is 1. The Morgan fingerprint density at radius 3 is 2.56 bits per heavy atom. The number of ether oxygens (including phenoxy) is 2. The Balaban J connectivity index is 1.46. The predicted octanol–water partition coefficient (Wildman–Crippen LogP) is 6.01. The van der Waals surface area contributed by atoms with Gasteiger partial charge in [0, 0.05) is 32.1 Å². The van der Waals surface area contributed by atoms with E-state index >= 15 is 0 Å². The summed E-state index contributed by atoms with van der Waals surface area (Å²) in [6, 6.07) is 8.53. The molecule has 0 aromatic heterocycles. The van der Waals surface area contributed by atoms with E-state index in [0.717, 1.165) is 25.0 Å². The number of hydrogen-bond acceptors (Lipinski definition) is 5. The van der Waals surface area contributed by atoms with Crippen molar-refractivity contribution < 1.29 is 27.4 Å². The van der Waals surface area contributed by atoms with Crippen molar-refractivity contribution in [3.05, 3.63) is 47.5 Å². The molecule has 0 N–H and O–H groups in total. The molecule has 1 saturated heterocycles. The van der Waals surface area contributed by atoms with Crippen LogP contribution in [0, 0.1) is 5.92 Å². The molecule has 1 saturated carbocycles. The third-order valence-corrected chi connectivity index (χ3v) is 7.35. The van der Waals surface area contributed by atoms with Gasteiger partial charge < -0.3 is 19.3 Å². The molecular weight excluding hydrogens is 471 g/mol. The summed E-state index contributed by atoms with van der Waals surface area (Å²) in [5.41, 5.74) is -0.0355. The van der Waals surface area contributed by atoms with Crippen LogP contribution in [0.15, 0.2) is 41.4 Å². The predicted molar refractivity (Wildman–Crippen MR) is 130 cm³/mol. The van der Waals surface area contributed by atoms with E-state index < -0.39 is 11.7 Å². The van der Waals surface area contributed by atoms with Gasteiger partial charge in [0.25, 0.3) is 0 Å². The van der Waals surface area contributed by atoms with E-state index in [4.69, 9.17) is 14.5 Å². The summed E-state index contributed by atoms with van der Waals surface area (Å²) < 4.78 is 51.7. The Morgan fingerprint density at radius 2 is 1.86 bits per heavy atom. The summed E-state index contributed by atoms with van der Waals surface area (Å²) >= 11 is 0. The van der Waals surface area contributed by atoms with Gasteiger partial charge in [0.05, 0.1) is 18.2 Å². The highest BCUT2D eigenvalue weighted by atomic mass is 19.4. The third-order valence-electron chi connectivity index (χ3n) is 7.35. The molecule has 1 unspecified atom stereocenters. The summed E-state index contributed by atoms with van der Waals surface area (Å²) in [7, 11) is 1.55. The highest BCUT2D eigenvalue weighted by Crippen LogP contribution is 2.42. The van der Waals surface area contributed by atoms with Gasteiger partial charge in [-0.1, -0.05) is 12.8 Å². The average molecular weight is 502 g/mol. The number of nitrogens with zero attached hydrogens (tertiary/aromatic N) is 3. The first-order valence-electron chi connectivity index (χ1n) is 12.4. The van der Waals surface area contributed by atoms with Crippen LogP contribution >= 0.6 is 0 Å². The van der Waals surface area contributed by atoms with E-state index in [9.17, 15) is 18.0 Å². The van der Waals surface area contributed by atoms with Gasteiger partial charge in [-0.05, 0) is 62.1 Å². The first-order chi connectivity index (χ1) is 17.2. The van der Waals surface area contributed by atoms with Crippen LogP contribution in [-0.2, 0) is 11.0 Å². The smallest absolute Gasteiger partial charge is 0.416 e. The summed E-state index contributed by atoms with van der Waals surface area (Å²) in [5.74, 6) is 2.50. The highest BCUT2D eigenvalue weighted by Gasteiger charge is 2.35. The fraction of sp³-hybridized carbons (Fsp3) is 0.481. The van der Waals surface area contributed by atoms with Gasteiger partial charge in [0.1, 0.15) is 23.0 Å². The van der Waals surface area contributed by atoms with E-state index in [1.54, 1.807) is 25.3 Å². The third kappa shape index (κ3) is 4.88. The maximum Gasteiger partial charge on any atom is 0.416 e. The minimum atomic E-state index is -4.49. The largest absolute Gasteiger partial charge is 0.497 e. The molecule has 1 atom stereocenters. The van der Waals surface area contributed by atoms with E-state index in [1.807, 2.05) is 16.7 Å². The van der Waals surface area contributed by atoms with E-state index in [2.05, 4.69) is 0 Å². The molecule has 6 nitrogen and oxygen atoms in total. The number of carbonyl (C=O) groups excluding carboxylic acids is 1. The number of fused-ring (bicyclic) bond motifs is 2. The SMILES string of the molecule is COc1ccc2c(c1)C(N1CCN(C(=O)CC3CCCC3)C(C)C1)=Nc1cc(C(F)(F)F)ccc1O2. The molecule has 9 heteroatoms. The first kappa shape index (κ1) is 24.5. The molecule has 0 spiro atoms. The lowest BCUT2D eigenvalue weighted by atomic mass is 10.0. The summed E-state index contributed by atoms with van der Waals surface area (Å²) in [5, 5.41) is 0. The van der Waals surface area contributed by atoms with Crippen LogP contribution in [-0.4, -0.2) is 54.3 Å². The lowest BCUT2D eigenvalue weighted by Gasteiger charge is -2.41. The van der Waals surface area contributed by atoms with E-state index in [1.165, 1.54) is 18.9 Å². The number of benzene rings is 2. The molecule has 1 aliphatic carbocycles. The molecule has 2 aromatic carbocycles. The van der Waals surface area contributed by atoms with Gasteiger partial charge in [0.2, 0.25) is 5.91 Å². The number of hydrogen-bond donors (Lipinski definition) is 0. The first-order valence-corrected chi connectivity index (χ1v) is 12.4. The monoisotopic (exact) mass is 501 g/mol. The molecule has 2 aromatic rings. The Kier molecular flexibility index (Phi) is 6.57. The quantitative estimate of drug-likeness (QED) is 0.517. The topological polar surface area (TPSA) is 54.4 Å². The second-order valence-corrected chi connectivity index (χ2v) is 9.82. The van der Waals surface area contributed by atoms with Gasteiger partial charge in [-0.25, -0.2) is 4.99 Å². The number of aliphatic imine (C=N–C) groups is 1. The van der Waals surface area contributed by atoms with Gasteiger partial charge in [-0.2, -0.15) is 13.2 Å². The van der Waals surface area contributed by atoms with E-state index in [-0.39, 0.29) is 23.4 Å². The fourth-order valence-electron chi connectivity index (χ4n) is 5.40. The van der Waals surface area contributed by atoms with Crippen molar-refractivity contribution >= 4 is 17.4 Å². The summed E-state index contributed by atoms with van der Waals surface area (Å²) in [6.07, 6.45) is 0.733. The Bertz CT molecular complexity index is 1170. The summed E-state index contributed by atoms with van der Waals surface area (Å²) in [6.45, 7) is 3.57. The van der Waals surface area contributed by atoms with Crippen LogP contribution in [0.1, 0.15) is 50.2 Å². The molecule has 2 heterocycles. The average Bonchev–Trinajstić information content (AvgIpc) is 3.29. The molecule has 2 aliphatic heterocycles. The second-order valence-electron chi connectivity index (χ2n) is 9.82. The van der Waals surface area contributed by atoms with Crippen molar-refractivity contribution in [3.8, 4) is 17.2 Å². The van der Waals surface area contributed by atoms with Crippen molar-refractivity contribution in [2.45, 2.75) is 51.2 Å². The molecule has 5 rings (SSSR count). The Labute approximate surface area is 208 Å². The van der Waals surface area contributed by atoms with Gasteiger partial charge in [-0.3, -0.25) is 4.79 Å². The fourth-order valence-corrected chi connectivity index (χ4v) is 5.40. The molecule has 0 radical (unpaired) electrons. The Hall–Kier alpha value is -3.23. The standard InChI is InChI=1S/C27H30F3N3O3/c1-17-16-32(11-12-33(17)25(34)13-18-5-3-4-6-18)26-21-15-20(35-2)8-10-23(21)36-24-9-7-19(27(28,29)30)14-22(24)31-26/h7-10,14-15,17-18H,3-6,11-13,16H2,1-2H3. The van der Waals surface area contributed by atoms with Crippen molar-refractivity contribution in [3.63, 3.8) is 0 Å². The number of rotatable bonds is 3. The second kappa shape index (κ2) is 9.67. The number of piperazine rings is 1. The number of amidine groups is 1. The lowest BCUT2D eigenvalue weighted by Crippen LogP contribution is -2.55. The molecule has 3 aliphatic rings. The van der Waals surface area contributed by atoms with Gasteiger partial charge >= 0.3 is 6.18 Å². The molecular formula is C27H30F3N3O3. The van der Waals surface area contributed by atoms with Crippen molar-refractivity contribution in [1.29, 1.82) is 0 Å². The van der Waals surface area contributed by atoms with Gasteiger partial charge in [-0.15, -0.1) is 0 Å². The highest BCUT2D eigenvalue weighted by molar-refractivity contribution is 6.04. The number of methoxy groups -OCH3 is 1. The zero-order valence-corrected chi connectivity index (χ0v) is 20.5. The van der Waals surface area contributed by atoms with Crippen LogP contribution in [0.3, 0.4) is 0 Å². The maximum atomic E-state index is 13.4. The minimum absolute atomic E-state index is 0.0606. The van der Waals surface area contributed by atoms with Crippen LogP contribution < -0.4 is 9.47 Å². The van der Waals surface area contributed by atoms with Crippen LogP contribution in [0.4, 0.5) is 18.9 Å². The van der Waals surface area contributed by atoms with Crippen LogP contribution in [0.5, 0.6) is 17.2 Å². The Morgan fingerprint density at radius 1 is 1.11 bits per heavy atom. The molecule has 0 bridgehead atoms. The molecule has 1 amide bonds. The van der Waals surface area contributed by atoms with Crippen LogP contribution in [0.25, 0.3) is 0 Å². The van der Waals surface area contributed by atoms with Crippen molar-refractivity contribution in [2.24, 2.45) is 10.9 Å². The van der Waals surface area contributed by atoms with Gasteiger partial charge in [0.15, 0.2) is 5.75 Å². The maximum absolute atomic E-state index is 13.4. The van der Waals surface area contributed by atoms with Crippen molar-refractivity contribution in [1.82, 2.24) is 9.80 Å². The normalized spacial score (nSPS) is 20.2.